The summed E-state index contributed by atoms with van der Waals surface area (Å²) < 4.78 is 18.0. The molecule has 2 aromatic rings. The highest BCUT2D eigenvalue weighted by atomic mass is 79.9. The van der Waals surface area contributed by atoms with Crippen LogP contribution in [0.5, 0.6) is 11.5 Å². The third-order valence-corrected chi connectivity index (χ3v) is 4.36. The van der Waals surface area contributed by atoms with Gasteiger partial charge in [0.25, 0.3) is 0 Å². The van der Waals surface area contributed by atoms with Crippen LogP contribution in [0.1, 0.15) is 11.1 Å². The van der Waals surface area contributed by atoms with E-state index >= 15 is 0 Å². The van der Waals surface area contributed by atoms with Crippen LogP contribution in [-0.4, -0.2) is 19.7 Å². The fraction of sp³-hybridized carbons (Fsp3) is 0.150. The highest BCUT2D eigenvalue weighted by Gasteiger charge is 2.11. The molecule has 26 heavy (non-hydrogen) atoms. The molecule has 0 saturated heterocycles. The van der Waals surface area contributed by atoms with Crippen LogP contribution in [0, 0.1) is 0 Å². The number of benzene rings is 2. The number of hydrogen-bond donors (Lipinski definition) is 0. The summed E-state index contributed by atoms with van der Waals surface area (Å²) in [6.07, 6.45) is 4.52. The molecular formula is C20H18Br2O4. The Morgan fingerprint density at radius 1 is 1.23 bits per heavy atom. The minimum absolute atomic E-state index is 0.179. The molecule has 0 fully saturated rings. The molecule has 0 radical (unpaired) electrons. The van der Waals surface area contributed by atoms with Crippen LogP contribution in [0.3, 0.4) is 0 Å². The van der Waals surface area contributed by atoms with Crippen molar-refractivity contribution in [2.45, 2.75) is 6.61 Å². The average Bonchev–Trinajstić information content (AvgIpc) is 2.63. The molecule has 2 rings (SSSR count). The van der Waals surface area contributed by atoms with Crippen LogP contribution < -0.4 is 9.47 Å². The van der Waals surface area contributed by atoms with Crippen LogP contribution in [0.15, 0.2) is 64.1 Å². The van der Waals surface area contributed by atoms with Crippen molar-refractivity contribution in [1.82, 2.24) is 0 Å². The smallest absolute Gasteiger partial charge is 0.331 e. The van der Waals surface area contributed by atoms with Gasteiger partial charge in [0.05, 0.1) is 11.6 Å². The first-order valence-corrected chi connectivity index (χ1v) is 9.32. The van der Waals surface area contributed by atoms with Crippen molar-refractivity contribution in [3.05, 3.63) is 75.2 Å². The SMILES string of the molecule is C=CCOC(=O)/C=C/c1cc(Br)c(OCc2cccc(Br)c2)c(OC)c1. The van der Waals surface area contributed by atoms with Gasteiger partial charge in [-0.15, -0.1) is 0 Å². The summed E-state index contributed by atoms with van der Waals surface area (Å²) in [7, 11) is 1.57. The standard InChI is InChI=1S/C20H18Br2O4/c1-3-9-25-19(23)8-7-14-11-17(22)20(18(12-14)24-2)26-13-15-5-4-6-16(21)10-15/h3-8,10-12H,1,9,13H2,2H3/b8-7+. The van der Waals surface area contributed by atoms with Crippen molar-refractivity contribution in [1.29, 1.82) is 0 Å². The van der Waals surface area contributed by atoms with Crippen molar-refractivity contribution < 1.29 is 19.0 Å². The van der Waals surface area contributed by atoms with Gasteiger partial charge in [0.1, 0.15) is 13.2 Å². The summed E-state index contributed by atoms with van der Waals surface area (Å²) in [5.74, 6) is 0.724. The summed E-state index contributed by atoms with van der Waals surface area (Å²) >= 11 is 6.94. The van der Waals surface area contributed by atoms with Gasteiger partial charge < -0.3 is 14.2 Å². The lowest BCUT2D eigenvalue weighted by molar-refractivity contribution is -0.136. The molecule has 6 heteroatoms. The first kappa shape index (κ1) is 20.3. The molecule has 136 valence electrons. The van der Waals surface area contributed by atoms with Gasteiger partial charge in [-0.1, -0.05) is 40.7 Å². The van der Waals surface area contributed by atoms with Crippen molar-refractivity contribution in [3.63, 3.8) is 0 Å². The highest BCUT2D eigenvalue weighted by Crippen LogP contribution is 2.37. The molecule has 0 bridgehead atoms. The Labute approximate surface area is 169 Å². The molecule has 2 aromatic carbocycles. The zero-order valence-electron chi connectivity index (χ0n) is 14.2. The van der Waals surface area contributed by atoms with Crippen molar-refractivity contribution >= 4 is 43.9 Å². The number of halogens is 2. The maximum atomic E-state index is 11.5. The van der Waals surface area contributed by atoms with Crippen molar-refractivity contribution in [2.24, 2.45) is 0 Å². The van der Waals surface area contributed by atoms with Gasteiger partial charge in [-0.05, 0) is 57.4 Å². The topological polar surface area (TPSA) is 44.8 Å². The summed E-state index contributed by atoms with van der Waals surface area (Å²) in [5.41, 5.74) is 1.81. The van der Waals surface area contributed by atoms with E-state index in [1.54, 1.807) is 19.3 Å². The third-order valence-electron chi connectivity index (χ3n) is 3.28. The van der Waals surface area contributed by atoms with Crippen LogP contribution in [-0.2, 0) is 16.1 Å². The van der Waals surface area contributed by atoms with E-state index < -0.39 is 5.97 Å². The van der Waals surface area contributed by atoms with Gasteiger partial charge in [0.2, 0.25) is 0 Å². The predicted molar refractivity (Wildman–Crippen MR) is 109 cm³/mol. The predicted octanol–water partition coefficient (Wildman–Crippen LogP) is 5.54. The number of esters is 1. The van der Waals surface area contributed by atoms with Gasteiger partial charge in [0.15, 0.2) is 11.5 Å². The zero-order valence-corrected chi connectivity index (χ0v) is 17.4. The number of carbonyl (C=O) groups excluding carboxylic acids is 1. The zero-order chi connectivity index (χ0) is 18.9. The molecule has 0 spiro atoms. The second kappa shape index (κ2) is 10.2. The summed E-state index contributed by atoms with van der Waals surface area (Å²) in [6, 6.07) is 11.5. The normalized spacial score (nSPS) is 10.6. The first-order chi connectivity index (χ1) is 12.5. The fourth-order valence-corrected chi connectivity index (χ4v) is 3.13. The summed E-state index contributed by atoms with van der Waals surface area (Å²) in [5, 5.41) is 0. The maximum Gasteiger partial charge on any atom is 0.331 e. The van der Waals surface area contributed by atoms with E-state index in [2.05, 4.69) is 38.4 Å². The van der Waals surface area contributed by atoms with E-state index in [0.29, 0.717) is 18.1 Å². The Morgan fingerprint density at radius 3 is 2.73 bits per heavy atom. The summed E-state index contributed by atoms with van der Waals surface area (Å²) in [6.45, 7) is 4.08. The number of ether oxygens (including phenoxy) is 3. The second-order valence-corrected chi connectivity index (χ2v) is 6.97. The van der Waals surface area contributed by atoms with Crippen LogP contribution in [0.2, 0.25) is 0 Å². The molecule has 0 amide bonds. The molecule has 0 unspecified atom stereocenters. The molecule has 0 saturated carbocycles. The Kier molecular flexibility index (Phi) is 7.94. The number of methoxy groups -OCH3 is 1. The minimum atomic E-state index is -0.435. The minimum Gasteiger partial charge on any atom is -0.493 e. The van der Waals surface area contributed by atoms with Gasteiger partial charge in [0, 0.05) is 10.5 Å². The lowest BCUT2D eigenvalue weighted by Crippen LogP contribution is -2.00. The molecule has 0 aliphatic rings. The Balaban J connectivity index is 2.14. The van der Waals surface area contributed by atoms with E-state index in [9.17, 15) is 4.79 Å². The Bertz CT molecular complexity index is 815. The second-order valence-electron chi connectivity index (χ2n) is 5.20. The van der Waals surface area contributed by atoms with Gasteiger partial charge in [-0.2, -0.15) is 0 Å². The molecule has 0 aliphatic heterocycles. The lowest BCUT2D eigenvalue weighted by atomic mass is 10.2. The molecular weight excluding hydrogens is 464 g/mol. The number of carbonyl (C=O) groups is 1. The largest absolute Gasteiger partial charge is 0.493 e. The van der Waals surface area contributed by atoms with Crippen LogP contribution in [0.25, 0.3) is 6.08 Å². The van der Waals surface area contributed by atoms with E-state index in [4.69, 9.17) is 14.2 Å². The quantitative estimate of drug-likeness (QED) is 0.282. The average molecular weight is 482 g/mol. The van der Waals surface area contributed by atoms with E-state index in [1.165, 1.54) is 12.2 Å². The Hall–Kier alpha value is -2.05. The van der Waals surface area contributed by atoms with E-state index in [0.717, 1.165) is 20.1 Å². The van der Waals surface area contributed by atoms with Gasteiger partial charge in [-0.3, -0.25) is 0 Å². The Morgan fingerprint density at radius 2 is 2.04 bits per heavy atom. The van der Waals surface area contributed by atoms with Gasteiger partial charge in [-0.25, -0.2) is 4.79 Å². The molecule has 0 aliphatic carbocycles. The molecule has 0 aromatic heterocycles. The van der Waals surface area contributed by atoms with Crippen LogP contribution in [0.4, 0.5) is 0 Å². The maximum absolute atomic E-state index is 11.5. The molecule has 0 heterocycles. The number of hydrogen-bond acceptors (Lipinski definition) is 4. The third kappa shape index (κ3) is 6.04. The molecule has 0 atom stereocenters. The van der Waals surface area contributed by atoms with Crippen LogP contribution >= 0.6 is 31.9 Å². The summed E-state index contributed by atoms with van der Waals surface area (Å²) in [4.78, 5) is 11.5. The first-order valence-electron chi connectivity index (χ1n) is 7.74. The molecule has 0 N–H and O–H groups in total. The highest BCUT2D eigenvalue weighted by molar-refractivity contribution is 9.10. The van der Waals surface area contributed by atoms with E-state index in [-0.39, 0.29) is 6.61 Å². The fourth-order valence-electron chi connectivity index (χ4n) is 2.11. The lowest BCUT2D eigenvalue weighted by Gasteiger charge is -2.14. The van der Waals surface area contributed by atoms with Gasteiger partial charge >= 0.3 is 5.97 Å². The van der Waals surface area contributed by atoms with Crippen molar-refractivity contribution in [3.8, 4) is 11.5 Å². The number of rotatable bonds is 8. The van der Waals surface area contributed by atoms with Crippen molar-refractivity contribution in [2.75, 3.05) is 13.7 Å². The molecule has 4 nitrogen and oxygen atoms in total. The van der Waals surface area contributed by atoms with E-state index in [1.807, 2.05) is 30.3 Å². The monoisotopic (exact) mass is 480 g/mol.